The van der Waals surface area contributed by atoms with E-state index in [1.165, 1.54) is 10.4 Å². The van der Waals surface area contributed by atoms with Crippen LogP contribution in [0.5, 0.6) is 5.75 Å². The van der Waals surface area contributed by atoms with Crippen LogP contribution in [0.1, 0.15) is 17.4 Å². The third-order valence-corrected chi connectivity index (χ3v) is 4.42. The molecule has 0 saturated heterocycles. The first-order valence-corrected chi connectivity index (χ1v) is 8.51. The van der Waals surface area contributed by atoms with Gasteiger partial charge in [-0.1, -0.05) is 29.8 Å². The van der Waals surface area contributed by atoms with Gasteiger partial charge in [-0.3, -0.25) is 0 Å². The van der Waals surface area contributed by atoms with Crippen LogP contribution in [-0.4, -0.2) is 11.6 Å². The van der Waals surface area contributed by atoms with E-state index in [1.54, 1.807) is 11.3 Å². The summed E-state index contributed by atoms with van der Waals surface area (Å²) in [6, 6.07) is 16.4. The molecule has 2 aromatic carbocycles. The Bertz CT molecular complexity index is 776. The van der Waals surface area contributed by atoms with Crippen LogP contribution >= 0.6 is 11.3 Å². The largest absolute Gasteiger partial charge is 0.494 e. The third-order valence-electron chi connectivity index (χ3n) is 3.54. The van der Waals surface area contributed by atoms with Crippen molar-refractivity contribution in [1.29, 1.82) is 0 Å². The van der Waals surface area contributed by atoms with Crippen molar-refractivity contribution in [3.05, 3.63) is 59.0 Å². The molecule has 3 rings (SSSR count). The summed E-state index contributed by atoms with van der Waals surface area (Å²) in [5.74, 6) is 0.883. The number of anilines is 2. The first-order chi connectivity index (χ1) is 11.2. The van der Waals surface area contributed by atoms with Crippen LogP contribution in [0.4, 0.5) is 10.8 Å². The number of benzene rings is 2. The molecule has 1 N–H and O–H groups in total. The fourth-order valence-corrected chi connectivity index (χ4v) is 3.21. The molecule has 0 radical (unpaired) electrons. The monoisotopic (exact) mass is 324 g/mol. The second-order valence-corrected chi connectivity index (χ2v) is 6.58. The van der Waals surface area contributed by atoms with E-state index >= 15 is 0 Å². The van der Waals surface area contributed by atoms with Gasteiger partial charge >= 0.3 is 0 Å². The minimum Gasteiger partial charge on any atom is -0.494 e. The molecule has 0 aliphatic carbocycles. The Balaban J connectivity index is 1.79. The summed E-state index contributed by atoms with van der Waals surface area (Å²) in [6.45, 7) is 6.86. The Labute approximate surface area is 141 Å². The molecule has 0 bridgehead atoms. The Morgan fingerprint density at radius 1 is 1.00 bits per heavy atom. The van der Waals surface area contributed by atoms with Gasteiger partial charge in [-0.25, -0.2) is 4.98 Å². The molecule has 118 valence electrons. The van der Waals surface area contributed by atoms with Crippen LogP contribution in [0.3, 0.4) is 0 Å². The molecule has 23 heavy (non-hydrogen) atoms. The highest BCUT2D eigenvalue weighted by molar-refractivity contribution is 7.16. The van der Waals surface area contributed by atoms with Crippen molar-refractivity contribution in [2.45, 2.75) is 20.8 Å². The molecule has 0 spiro atoms. The Morgan fingerprint density at radius 2 is 1.70 bits per heavy atom. The van der Waals surface area contributed by atoms with Crippen LogP contribution in [0, 0.1) is 13.8 Å². The van der Waals surface area contributed by atoms with Crippen LogP contribution in [0.25, 0.3) is 11.3 Å². The predicted octanol–water partition coefficient (Wildman–Crippen LogP) is 5.57. The fourth-order valence-electron chi connectivity index (χ4n) is 2.35. The van der Waals surface area contributed by atoms with Gasteiger partial charge in [-0.2, -0.15) is 0 Å². The van der Waals surface area contributed by atoms with E-state index in [0.29, 0.717) is 6.61 Å². The number of rotatable bonds is 5. The Hall–Kier alpha value is -2.33. The van der Waals surface area contributed by atoms with Crippen molar-refractivity contribution in [1.82, 2.24) is 4.98 Å². The standard InChI is InChI=1S/C19H20N2OS/c1-4-22-17-11-9-16(10-12-17)20-19-21-18(14(3)23-19)15-7-5-13(2)6-8-15/h5-12H,4H2,1-3H3,(H,20,21). The van der Waals surface area contributed by atoms with Crippen LogP contribution in [0.15, 0.2) is 48.5 Å². The van der Waals surface area contributed by atoms with Crippen LogP contribution in [-0.2, 0) is 0 Å². The molecule has 0 amide bonds. The summed E-state index contributed by atoms with van der Waals surface area (Å²) in [5, 5.41) is 4.27. The van der Waals surface area contributed by atoms with Gasteiger partial charge in [0.2, 0.25) is 0 Å². The van der Waals surface area contributed by atoms with Crippen molar-refractivity contribution in [2.24, 2.45) is 0 Å². The number of aromatic nitrogens is 1. The molecule has 1 heterocycles. The highest BCUT2D eigenvalue weighted by Crippen LogP contribution is 2.32. The molecule has 0 atom stereocenters. The van der Waals surface area contributed by atoms with Gasteiger partial charge in [0, 0.05) is 16.1 Å². The number of nitrogens with one attached hydrogen (secondary N) is 1. The first-order valence-electron chi connectivity index (χ1n) is 7.70. The SMILES string of the molecule is CCOc1ccc(Nc2nc(-c3ccc(C)cc3)c(C)s2)cc1. The van der Waals surface area contributed by atoms with E-state index in [0.717, 1.165) is 27.8 Å². The molecule has 0 saturated carbocycles. The van der Waals surface area contributed by atoms with Gasteiger partial charge in [0.25, 0.3) is 0 Å². The average Bonchev–Trinajstić information content (AvgIpc) is 2.91. The number of thiazole rings is 1. The molecule has 4 heteroatoms. The predicted molar refractivity (Wildman–Crippen MR) is 97.9 cm³/mol. The molecule has 1 aromatic heterocycles. The zero-order chi connectivity index (χ0) is 16.2. The maximum Gasteiger partial charge on any atom is 0.187 e. The van der Waals surface area contributed by atoms with E-state index in [9.17, 15) is 0 Å². The summed E-state index contributed by atoms with van der Waals surface area (Å²) in [6.07, 6.45) is 0. The lowest BCUT2D eigenvalue weighted by Gasteiger charge is -2.05. The molecule has 0 unspecified atom stereocenters. The number of hydrogen-bond donors (Lipinski definition) is 1. The van der Waals surface area contributed by atoms with Crippen molar-refractivity contribution in [3.8, 4) is 17.0 Å². The van der Waals surface area contributed by atoms with Crippen LogP contribution in [0.2, 0.25) is 0 Å². The summed E-state index contributed by atoms with van der Waals surface area (Å²) in [5.41, 5.74) is 4.47. The van der Waals surface area contributed by atoms with E-state index in [1.807, 2.05) is 31.2 Å². The number of ether oxygens (including phenoxy) is 1. The number of aryl methyl sites for hydroxylation is 2. The number of nitrogens with zero attached hydrogens (tertiary/aromatic N) is 1. The lowest BCUT2D eigenvalue weighted by molar-refractivity contribution is 0.340. The molecule has 3 nitrogen and oxygen atoms in total. The molecule has 0 aliphatic heterocycles. The van der Waals surface area contributed by atoms with Gasteiger partial charge in [-0.15, -0.1) is 11.3 Å². The highest BCUT2D eigenvalue weighted by Gasteiger charge is 2.10. The highest BCUT2D eigenvalue weighted by atomic mass is 32.1. The summed E-state index contributed by atoms with van der Waals surface area (Å²) < 4.78 is 5.46. The quantitative estimate of drug-likeness (QED) is 0.666. The first kappa shape index (κ1) is 15.6. The Kier molecular flexibility index (Phi) is 4.63. The van der Waals surface area contributed by atoms with Crippen molar-refractivity contribution >= 4 is 22.2 Å². The molecule has 0 fully saturated rings. The smallest absolute Gasteiger partial charge is 0.187 e. The van der Waals surface area contributed by atoms with Gasteiger partial charge in [0.15, 0.2) is 5.13 Å². The second kappa shape index (κ2) is 6.84. The third kappa shape index (κ3) is 3.71. The minimum absolute atomic E-state index is 0.679. The van der Waals surface area contributed by atoms with Gasteiger partial charge < -0.3 is 10.1 Å². The van der Waals surface area contributed by atoms with E-state index < -0.39 is 0 Å². The zero-order valence-corrected chi connectivity index (χ0v) is 14.4. The minimum atomic E-state index is 0.679. The van der Waals surface area contributed by atoms with Crippen molar-refractivity contribution in [2.75, 3.05) is 11.9 Å². The van der Waals surface area contributed by atoms with E-state index in [2.05, 4.69) is 43.4 Å². The molecular formula is C19H20N2OS. The fraction of sp³-hybridized carbons (Fsp3) is 0.211. The Morgan fingerprint density at radius 3 is 2.35 bits per heavy atom. The summed E-state index contributed by atoms with van der Waals surface area (Å²) in [7, 11) is 0. The maximum absolute atomic E-state index is 5.46. The second-order valence-electron chi connectivity index (χ2n) is 5.37. The van der Waals surface area contributed by atoms with Gasteiger partial charge in [0.05, 0.1) is 12.3 Å². The maximum atomic E-state index is 5.46. The average molecular weight is 324 g/mol. The normalized spacial score (nSPS) is 10.6. The topological polar surface area (TPSA) is 34.1 Å². The van der Waals surface area contributed by atoms with E-state index in [4.69, 9.17) is 9.72 Å². The van der Waals surface area contributed by atoms with Crippen LogP contribution < -0.4 is 10.1 Å². The molecule has 0 aliphatic rings. The van der Waals surface area contributed by atoms with E-state index in [-0.39, 0.29) is 0 Å². The van der Waals surface area contributed by atoms with Gasteiger partial charge in [-0.05, 0) is 45.0 Å². The summed E-state index contributed by atoms with van der Waals surface area (Å²) in [4.78, 5) is 5.95. The number of hydrogen-bond acceptors (Lipinski definition) is 4. The zero-order valence-electron chi connectivity index (χ0n) is 13.6. The van der Waals surface area contributed by atoms with Crippen molar-refractivity contribution < 1.29 is 4.74 Å². The molecule has 3 aromatic rings. The lowest BCUT2D eigenvalue weighted by Crippen LogP contribution is -1.92. The lowest BCUT2D eigenvalue weighted by atomic mass is 10.1. The van der Waals surface area contributed by atoms with Gasteiger partial charge in [0.1, 0.15) is 5.75 Å². The summed E-state index contributed by atoms with van der Waals surface area (Å²) >= 11 is 1.67. The molecular weight excluding hydrogens is 304 g/mol. The van der Waals surface area contributed by atoms with Crippen molar-refractivity contribution in [3.63, 3.8) is 0 Å².